The highest BCUT2D eigenvalue weighted by Gasteiger charge is 2.38. The molecule has 0 N–H and O–H groups in total. The molecule has 0 aliphatic rings. The Morgan fingerprint density at radius 2 is 2.00 bits per heavy atom. The summed E-state index contributed by atoms with van der Waals surface area (Å²) in [5, 5.41) is 0. The molecule has 10 heavy (non-hydrogen) atoms. The molecule has 0 radical (unpaired) electrons. The van der Waals surface area contributed by atoms with E-state index in [1.807, 2.05) is 6.92 Å². The van der Waals surface area contributed by atoms with Crippen LogP contribution in [0.1, 0.15) is 6.92 Å². The minimum absolute atomic E-state index is 0.0348. The number of ether oxygens (including phenoxy) is 1. The van der Waals surface area contributed by atoms with Gasteiger partial charge in [-0.2, -0.15) is 0 Å². The minimum Gasteiger partial charge on any atom is -0.467 e. The molecule has 0 heterocycles. The van der Waals surface area contributed by atoms with Gasteiger partial charge >= 0.3 is 5.97 Å². The van der Waals surface area contributed by atoms with Gasteiger partial charge in [0.25, 0.3) is 0 Å². The molecule has 2 nitrogen and oxygen atoms in total. The van der Waals surface area contributed by atoms with E-state index >= 15 is 0 Å². The first kappa shape index (κ1) is 10.9. The minimum atomic E-state index is -0.811. The Hall–Kier alpha value is 0.910. The van der Waals surface area contributed by atoms with E-state index in [-0.39, 0.29) is 10.8 Å². The number of esters is 1. The van der Waals surface area contributed by atoms with Gasteiger partial charge in [-0.3, -0.25) is 0 Å². The number of carbonyl (C=O) groups excluding carboxylic acids is 1. The summed E-state index contributed by atoms with van der Waals surface area (Å²) in [6.07, 6.45) is 0. The van der Waals surface area contributed by atoms with Gasteiger partial charge in [0.1, 0.15) is 0 Å². The summed E-state index contributed by atoms with van der Waals surface area (Å²) < 4.78 is 3.70. The highest BCUT2D eigenvalue weighted by Crippen LogP contribution is 2.35. The lowest BCUT2D eigenvalue weighted by Gasteiger charge is -2.19. The summed E-state index contributed by atoms with van der Waals surface area (Å²) >= 11 is 9.58. The van der Waals surface area contributed by atoms with E-state index in [2.05, 4.69) is 52.5 Å². The van der Waals surface area contributed by atoms with E-state index in [1.165, 1.54) is 7.11 Å². The summed E-state index contributed by atoms with van der Waals surface area (Å²) in [7, 11) is 1.34. The van der Waals surface area contributed by atoms with E-state index in [0.717, 1.165) is 0 Å². The van der Waals surface area contributed by atoms with Crippen molar-refractivity contribution in [3.63, 3.8) is 0 Å². The van der Waals surface area contributed by atoms with Crippen molar-refractivity contribution in [1.29, 1.82) is 0 Å². The molecule has 0 amide bonds. The fourth-order valence-corrected chi connectivity index (χ4v) is 0.809. The average molecular weight is 339 g/mol. The first-order valence-electron chi connectivity index (χ1n) is 2.53. The predicted molar refractivity (Wildman–Crippen MR) is 51.0 cm³/mol. The second-order valence-electron chi connectivity index (χ2n) is 1.73. The predicted octanol–water partition coefficient (Wildman–Crippen LogP) is 2.43. The molecule has 5 heteroatoms. The van der Waals surface area contributed by atoms with Crippen LogP contribution in [0, 0.1) is 0 Å². The molecule has 0 aromatic carbocycles. The SMILES string of the molecule is COC(=O)C(Br)(Br)C(C)Br. The molecule has 0 saturated carbocycles. The summed E-state index contributed by atoms with van der Waals surface area (Å²) in [6, 6.07) is 0. The highest BCUT2D eigenvalue weighted by molar-refractivity contribution is 9.26. The van der Waals surface area contributed by atoms with Gasteiger partial charge in [-0.05, 0) is 6.92 Å². The van der Waals surface area contributed by atoms with Crippen LogP contribution in [0.25, 0.3) is 0 Å². The zero-order valence-electron chi connectivity index (χ0n) is 5.53. The molecule has 0 spiro atoms. The molecular weight excluding hydrogens is 332 g/mol. The van der Waals surface area contributed by atoms with Crippen molar-refractivity contribution in [1.82, 2.24) is 0 Å². The molecule has 0 saturated heterocycles. The summed E-state index contributed by atoms with van der Waals surface area (Å²) in [6.45, 7) is 1.83. The van der Waals surface area contributed by atoms with Crippen LogP contribution in [0.3, 0.4) is 0 Å². The Labute approximate surface area is 85.1 Å². The molecule has 1 atom stereocenters. The molecule has 0 fully saturated rings. The van der Waals surface area contributed by atoms with Crippen LogP contribution in [0.5, 0.6) is 0 Å². The lowest BCUT2D eigenvalue weighted by Crippen LogP contribution is -2.33. The molecule has 60 valence electrons. The van der Waals surface area contributed by atoms with E-state index in [4.69, 9.17) is 0 Å². The standard InChI is InChI=1S/C5H7Br3O2/c1-3(6)5(7,8)4(9)10-2/h3H,1-2H3. The second kappa shape index (κ2) is 4.07. The number of alkyl halides is 3. The summed E-state index contributed by atoms with van der Waals surface area (Å²) in [5.41, 5.74) is 0. The second-order valence-corrected chi connectivity index (χ2v) is 6.67. The van der Waals surface area contributed by atoms with Crippen molar-refractivity contribution in [2.75, 3.05) is 7.11 Å². The van der Waals surface area contributed by atoms with E-state index in [1.54, 1.807) is 0 Å². The number of hydrogen-bond acceptors (Lipinski definition) is 2. The van der Waals surface area contributed by atoms with Crippen LogP contribution in [0.4, 0.5) is 0 Å². The summed E-state index contributed by atoms with van der Waals surface area (Å²) in [5.74, 6) is -0.350. The quantitative estimate of drug-likeness (QED) is 0.571. The maximum atomic E-state index is 10.9. The van der Waals surface area contributed by atoms with Crippen molar-refractivity contribution < 1.29 is 9.53 Å². The number of hydrogen-bond donors (Lipinski definition) is 0. The van der Waals surface area contributed by atoms with Crippen molar-refractivity contribution >= 4 is 53.8 Å². The van der Waals surface area contributed by atoms with Gasteiger partial charge in [-0.15, -0.1) is 0 Å². The number of rotatable bonds is 2. The molecule has 0 rings (SSSR count). The van der Waals surface area contributed by atoms with Crippen molar-refractivity contribution in [2.24, 2.45) is 0 Å². The molecule has 0 aliphatic carbocycles. The van der Waals surface area contributed by atoms with Gasteiger partial charge in [0.05, 0.1) is 7.11 Å². The largest absolute Gasteiger partial charge is 0.467 e. The number of halogens is 3. The van der Waals surface area contributed by atoms with Gasteiger partial charge in [0.2, 0.25) is 0 Å². The van der Waals surface area contributed by atoms with Crippen LogP contribution < -0.4 is 0 Å². The average Bonchev–Trinajstić information content (AvgIpc) is 1.86. The third-order valence-electron chi connectivity index (χ3n) is 0.957. The Morgan fingerprint density at radius 1 is 1.60 bits per heavy atom. The molecule has 0 aromatic rings. The van der Waals surface area contributed by atoms with Crippen LogP contribution in [0.15, 0.2) is 0 Å². The number of methoxy groups -OCH3 is 1. The third kappa shape index (κ3) is 2.51. The molecular formula is C5H7Br3O2. The van der Waals surface area contributed by atoms with Gasteiger partial charge < -0.3 is 4.74 Å². The van der Waals surface area contributed by atoms with Crippen LogP contribution in [0.2, 0.25) is 0 Å². The van der Waals surface area contributed by atoms with E-state index < -0.39 is 3.23 Å². The Balaban J connectivity index is 4.24. The van der Waals surface area contributed by atoms with Gasteiger partial charge in [-0.25, -0.2) is 4.79 Å². The fourth-order valence-electron chi connectivity index (χ4n) is 0.298. The Bertz CT molecular complexity index is 133. The molecule has 0 bridgehead atoms. The lowest BCUT2D eigenvalue weighted by atomic mass is 10.3. The Kier molecular flexibility index (Phi) is 4.44. The lowest BCUT2D eigenvalue weighted by molar-refractivity contribution is -0.140. The maximum absolute atomic E-state index is 10.9. The Morgan fingerprint density at radius 3 is 2.10 bits per heavy atom. The first-order chi connectivity index (χ1) is 4.42. The monoisotopic (exact) mass is 336 g/mol. The zero-order valence-corrected chi connectivity index (χ0v) is 10.3. The molecule has 0 aromatic heterocycles. The molecule has 0 aliphatic heterocycles. The third-order valence-corrected chi connectivity index (χ3v) is 4.89. The maximum Gasteiger partial charge on any atom is 0.334 e. The summed E-state index contributed by atoms with van der Waals surface area (Å²) in [4.78, 5) is 10.9. The zero-order chi connectivity index (χ0) is 8.36. The number of carbonyl (C=O) groups is 1. The van der Waals surface area contributed by atoms with Crippen molar-refractivity contribution in [3.05, 3.63) is 0 Å². The van der Waals surface area contributed by atoms with Gasteiger partial charge in [0, 0.05) is 4.83 Å². The van der Waals surface area contributed by atoms with Crippen LogP contribution >= 0.6 is 47.8 Å². The smallest absolute Gasteiger partial charge is 0.334 e. The van der Waals surface area contributed by atoms with Crippen LogP contribution in [-0.4, -0.2) is 21.1 Å². The molecule has 1 unspecified atom stereocenters. The topological polar surface area (TPSA) is 26.3 Å². The highest BCUT2D eigenvalue weighted by atomic mass is 79.9. The fraction of sp³-hybridized carbons (Fsp3) is 0.800. The van der Waals surface area contributed by atoms with E-state index in [9.17, 15) is 4.79 Å². The van der Waals surface area contributed by atoms with Crippen LogP contribution in [-0.2, 0) is 9.53 Å². The van der Waals surface area contributed by atoms with Crippen molar-refractivity contribution in [2.45, 2.75) is 15.0 Å². The van der Waals surface area contributed by atoms with Gasteiger partial charge in [0.15, 0.2) is 3.23 Å². The van der Waals surface area contributed by atoms with Crippen molar-refractivity contribution in [3.8, 4) is 0 Å². The van der Waals surface area contributed by atoms with E-state index in [0.29, 0.717) is 0 Å². The first-order valence-corrected chi connectivity index (χ1v) is 5.03. The normalized spacial score (nSPS) is 14.5. The van der Waals surface area contributed by atoms with Gasteiger partial charge in [-0.1, -0.05) is 47.8 Å².